The number of carbonyl (C=O) groups excluding carboxylic acids is 4. The van der Waals surface area contributed by atoms with Gasteiger partial charge in [-0.05, 0) is 49.9 Å². The number of likely N-dealkylation sites (N-methyl/N-ethyl adjacent to an activating group) is 2. The van der Waals surface area contributed by atoms with Gasteiger partial charge in [-0.3, -0.25) is 29.7 Å². The number of hydrazine groups is 1. The third kappa shape index (κ3) is 10.7. The van der Waals surface area contributed by atoms with Crippen LogP contribution in [0.2, 0.25) is 0 Å². The number of thioether (sulfide) groups is 1. The molecule has 0 bridgehead atoms. The van der Waals surface area contributed by atoms with Crippen molar-refractivity contribution in [1.82, 2.24) is 20.2 Å². The molecule has 1 aliphatic heterocycles. The molecule has 0 aromatic heterocycles. The lowest BCUT2D eigenvalue weighted by Gasteiger charge is -2.35. The molecule has 3 aromatic carbocycles. The number of fused-ring (bicyclic) bond motifs is 1. The number of aryl methyl sites for hydroxylation is 1. The van der Waals surface area contributed by atoms with E-state index in [4.69, 9.17) is 4.74 Å². The zero-order valence-electron chi connectivity index (χ0n) is 29.9. The Labute approximate surface area is 290 Å². The Morgan fingerprint density at radius 1 is 0.938 bits per heavy atom. The van der Waals surface area contributed by atoms with Crippen LogP contribution in [0.25, 0.3) is 10.8 Å². The SMILES string of the molecule is CC[C@H](C)C(C)SC(C)(C)OC(=O)N(C)[C@H](C)C(=O)N(C)C(Cc1ccccc1)C(=O)N1CCC(=O)N1.Cc1ccc2ccccc2c1. The summed E-state index contributed by atoms with van der Waals surface area (Å²) >= 11 is 1.58. The number of carbonyl (C=O) groups is 4. The van der Waals surface area contributed by atoms with Gasteiger partial charge in [-0.2, -0.15) is 0 Å². The topological polar surface area (TPSA) is 99.3 Å². The summed E-state index contributed by atoms with van der Waals surface area (Å²) in [7, 11) is 3.07. The first-order valence-electron chi connectivity index (χ1n) is 16.6. The maximum atomic E-state index is 13.5. The summed E-state index contributed by atoms with van der Waals surface area (Å²) in [5.41, 5.74) is 4.76. The van der Waals surface area contributed by atoms with E-state index in [9.17, 15) is 19.2 Å². The van der Waals surface area contributed by atoms with Crippen LogP contribution < -0.4 is 5.43 Å². The predicted molar refractivity (Wildman–Crippen MR) is 194 cm³/mol. The predicted octanol–water partition coefficient (Wildman–Crippen LogP) is 6.83. The van der Waals surface area contributed by atoms with Crippen molar-refractivity contribution in [1.29, 1.82) is 0 Å². The lowest BCUT2D eigenvalue weighted by Crippen LogP contribution is -2.56. The summed E-state index contributed by atoms with van der Waals surface area (Å²) in [5, 5.41) is 4.20. The highest BCUT2D eigenvalue weighted by molar-refractivity contribution is 8.01. The van der Waals surface area contributed by atoms with Crippen molar-refractivity contribution in [3.05, 3.63) is 83.9 Å². The first kappa shape index (κ1) is 38.4. The van der Waals surface area contributed by atoms with Gasteiger partial charge in [0.15, 0.2) is 4.93 Å². The van der Waals surface area contributed by atoms with Crippen LogP contribution in [-0.2, 0) is 25.5 Å². The first-order valence-corrected chi connectivity index (χ1v) is 17.5. The molecule has 4 atom stereocenters. The normalized spacial score (nSPS) is 15.4. The lowest BCUT2D eigenvalue weighted by molar-refractivity contribution is -0.148. The number of nitrogens with one attached hydrogen (secondary N) is 1. The van der Waals surface area contributed by atoms with Gasteiger partial charge in [0.1, 0.15) is 12.1 Å². The van der Waals surface area contributed by atoms with Crippen LogP contribution in [0, 0.1) is 12.8 Å². The third-order valence-electron chi connectivity index (χ3n) is 8.84. The maximum absolute atomic E-state index is 13.5. The number of hydrogen-bond acceptors (Lipinski definition) is 6. The molecule has 2 unspecified atom stereocenters. The molecule has 4 amide bonds. The molecule has 1 aliphatic rings. The van der Waals surface area contributed by atoms with Crippen LogP contribution in [-0.4, -0.2) is 81.5 Å². The summed E-state index contributed by atoms with van der Waals surface area (Å²) in [6.45, 7) is 14.1. The minimum Gasteiger partial charge on any atom is -0.432 e. The van der Waals surface area contributed by atoms with Gasteiger partial charge in [0.25, 0.3) is 5.91 Å². The molecule has 3 aromatic rings. The summed E-state index contributed by atoms with van der Waals surface area (Å²) in [6.07, 6.45) is 0.906. The fourth-order valence-corrected chi connectivity index (χ4v) is 6.77. The Morgan fingerprint density at radius 3 is 2.17 bits per heavy atom. The largest absolute Gasteiger partial charge is 0.432 e. The fraction of sp³-hybridized carbons (Fsp3) is 0.474. The molecular weight excluding hydrogens is 625 g/mol. The number of ether oxygens (including phenoxy) is 1. The van der Waals surface area contributed by atoms with Crippen LogP contribution in [0.1, 0.15) is 65.5 Å². The summed E-state index contributed by atoms with van der Waals surface area (Å²) in [4.78, 5) is 53.4. The standard InChI is InChI=1S/C27H42N4O5S.C11H10/c1-9-18(2)20(4)37-27(5,6)36-26(35)29(7)19(3)24(33)30(8)22(17-21-13-11-10-12-14-21)25(34)31-16-15-23(32)28-31;1-9-6-7-10-4-2-3-5-11(10)8-9/h10-14,18-20,22H,9,15-17H2,1-8H3,(H,28,32);2-8H,1H3/t18-,19+,20?,22?;/m0./s1. The highest BCUT2D eigenvalue weighted by atomic mass is 32.2. The van der Waals surface area contributed by atoms with E-state index < -0.39 is 29.0 Å². The molecule has 1 fully saturated rings. The number of amides is 4. The average Bonchev–Trinajstić information content (AvgIpc) is 3.51. The van der Waals surface area contributed by atoms with E-state index in [2.05, 4.69) is 75.6 Å². The summed E-state index contributed by atoms with van der Waals surface area (Å²) < 4.78 is 5.77. The van der Waals surface area contributed by atoms with Gasteiger partial charge in [0.2, 0.25) is 11.8 Å². The van der Waals surface area contributed by atoms with E-state index in [1.54, 1.807) is 25.7 Å². The number of nitrogens with zero attached hydrogens (tertiary/aromatic N) is 3. The van der Waals surface area contributed by atoms with Crippen LogP contribution in [0.15, 0.2) is 72.8 Å². The monoisotopic (exact) mass is 676 g/mol. The molecule has 1 saturated heterocycles. The molecule has 10 heteroatoms. The van der Waals surface area contributed by atoms with Crippen molar-refractivity contribution in [2.75, 3.05) is 20.6 Å². The number of hydrogen-bond donors (Lipinski definition) is 1. The second-order valence-electron chi connectivity index (χ2n) is 13.0. The molecule has 0 spiro atoms. The van der Waals surface area contributed by atoms with E-state index in [1.807, 2.05) is 44.2 Å². The van der Waals surface area contributed by atoms with Gasteiger partial charge >= 0.3 is 6.09 Å². The second-order valence-corrected chi connectivity index (χ2v) is 15.0. The van der Waals surface area contributed by atoms with Crippen LogP contribution in [0.5, 0.6) is 0 Å². The minimum absolute atomic E-state index is 0.218. The van der Waals surface area contributed by atoms with Crippen molar-refractivity contribution < 1.29 is 23.9 Å². The van der Waals surface area contributed by atoms with E-state index in [0.717, 1.165) is 12.0 Å². The zero-order chi connectivity index (χ0) is 35.6. The van der Waals surface area contributed by atoms with Crippen LogP contribution in [0.4, 0.5) is 4.79 Å². The smallest absolute Gasteiger partial charge is 0.411 e. The molecule has 9 nitrogen and oxygen atoms in total. The minimum atomic E-state index is -0.871. The molecule has 48 heavy (non-hydrogen) atoms. The van der Waals surface area contributed by atoms with Gasteiger partial charge in [-0.15, -0.1) is 11.8 Å². The van der Waals surface area contributed by atoms with Crippen molar-refractivity contribution in [3.63, 3.8) is 0 Å². The lowest BCUT2D eigenvalue weighted by atomic mass is 10.0. The average molecular weight is 677 g/mol. The molecule has 4 rings (SSSR count). The number of rotatable bonds is 11. The quantitative estimate of drug-likeness (QED) is 0.224. The van der Waals surface area contributed by atoms with Gasteiger partial charge in [0.05, 0.1) is 6.54 Å². The second kappa shape index (κ2) is 17.4. The van der Waals surface area contributed by atoms with Crippen molar-refractivity contribution >= 4 is 46.3 Å². The summed E-state index contributed by atoms with van der Waals surface area (Å²) in [6, 6.07) is 22.6. The maximum Gasteiger partial charge on any atom is 0.411 e. The number of benzene rings is 3. The van der Waals surface area contributed by atoms with Crippen LogP contribution in [0.3, 0.4) is 0 Å². The van der Waals surface area contributed by atoms with Gasteiger partial charge in [0, 0.05) is 32.2 Å². The molecule has 0 saturated carbocycles. The van der Waals surface area contributed by atoms with E-state index in [0.29, 0.717) is 11.2 Å². The zero-order valence-corrected chi connectivity index (χ0v) is 30.7. The van der Waals surface area contributed by atoms with E-state index in [1.165, 1.54) is 38.2 Å². The van der Waals surface area contributed by atoms with Crippen molar-refractivity contribution in [2.45, 2.75) is 90.0 Å². The Morgan fingerprint density at radius 2 is 1.56 bits per heavy atom. The van der Waals surface area contributed by atoms with Crippen LogP contribution >= 0.6 is 11.8 Å². The Kier molecular flexibility index (Phi) is 13.9. The van der Waals surface area contributed by atoms with Gasteiger partial charge in [-0.1, -0.05) is 106 Å². The molecular formula is C38H52N4O5S. The third-order valence-corrected chi connectivity index (χ3v) is 10.3. The Balaban J connectivity index is 0.000000472. The van der Waals surface area contributed by atoms with E-state index >= 15 is 0 Å². The van der Waals surface area contributed by atoms with E-state index in [-0.39, 0.29) is 31.2 Å². The molecule has 1 N–H and O–H groups in total. The highest BCUT2D eigenvalue weighted by Gasteiger charge is 2.38. The van der Waals surface area contributed by atoms with Crippen molar-refractivity contribution in [3.8, 4) is 0 Å². The van der Waals surface area contributed by atoms with Gasteiger partial charge < -0.3 is 9.64 Å². The molecule has 1 heterocycles. The Hall–Kier alpha value is -4.05. The van der Waals surface area contributed by atoms with Crippen molar-refractivity contribution in [2.24, 2.45) is 5.92 Å². The summed E-state index contributed by atoms with van der Waals surface area (Å²) in [5.74, 6) is -0.550. The van der Waals surface area contributed by atoms with Gasteiger partial charge in [-0.25, -0.2) is 4.79 Å². The molecule has 0 radical (unpaired) electrons. The molecule has 0 aliphatic carbocycles. The highest BCUT2D eigenvalue weighted by Crippen LogP contribution is 2.35. The first-order chi connectivity index (χ1) is 22.6. The molecule has 260 valence electrons. The fourth-order valence-electron chi connectivity index (χ4n) is 5.33. The Bertz CT molecular complexity index is 1550.